The van der Waals surface area contributed by atoms with E-state index < -0.39 is 11.4 Å². The number of nitrogens with zero attached hydrogens (tertiary/aromatic N) is 1. The number of pyridine rings is 1. The van der Waals surface area contributed by atoms with Crippen molar-refractivity contribution in [2.75, 3.05) is 18.4 Å². The number of carbonyl (C=O) groups excluding carboxylic acids is 1. The zero-order valence-electron chi connectivity index (χ0n) is 11.4. The Morgan fingerprint density at radius 1 is 1.42 bits per heavy atom. The summed E-state index contributed by atoms with van der Waals surface area (Å²) in [5.74, 6) is -1.12. The van der Waals surface area contributed by atoms with Gasteiger partial charge in [-0.05, 0) is 32.9 Å². The van der Waals surface area contributed by atoms with Crippen molar-refractivity contribution in [1.82, 2.24) is 10.3 Å². The summed E-state index contributed by atoms with van der Waals surface area (Å²) in [5, 5.41) is 14.7. The van der Waals surface area contributed by atoms with E-state index in [0.717, 1.165) is 0 Å². The minimum absolute atomic E-state index is 0.247. The number of carbonyl (C=O) groups is 2. The van der Waals surface area contributed by atoms with E-state index in [2.05, 4.69) is 15.6 Å². The van der Waals surface area contributed by atoms with E-state index in [9.17, 15) is 9.59 Å². The lowest BCUT2D eigenvalue weighted by Crippen LogP contribution is -2.32. The van der Waals surface area contributed by atoms with E-state index in [1.54, 1.807) is 26.0 Å². The molecule has 1 aromatic rings. The first-order chi connectivity index (χ1) is 8.86. The van der Waals surface area contributed by atoms with Crippen molar-refractivity contribution in [3.05, 3.63) is 24.0 Å². The van der Waals surface area contributed by atoms with Crippen LogP contribution in [0.3, 0.4) is 0 Å². The average Bonchev–Trinajstić information content (AvgIpc) is 2.37. The molecule has 0 atom stereocenters. The Morgan fingerprint density at radius 3 is 2.68 bits per heavy atom. The van der Waals surface area contributed by atoms with Crippen molar-refractivity contribution < 1.29 is 14.7 Å². The molecule has 3 N–H and O–H groups in total. The van der Waals surface area contributed by atoms with E-state index >= 15 is 0 Å². The molecule has 0 radical (unpaired) electrons. The smallest absolute Gasteiger partial charge is 0.310 e. The fourth-order valence-corrected chi connectivity index (χ4v) is 1.31. The first-order valence-electron chi connectivity index (χ1n) is 6.08. The number of anilines is 1. The lowest BCUT2D eigenvalue weighted by molar-refractivity contribution is -0.146. The summed E-state index contributed by atoms with van der Waals surface area (Å²) < 4.78 is 0. The normalized spacial score (nSPS) is 10.9. The molecule has 6 heteroatoms. The quantitative estimate of drug-likeness (QED) is 0.722. The van der Waals surface area contributed by atoms with Crippen LogP contribution in [0, 0.1) is 5.41 Å². The molecule has 0 saturated carbocycles. The van der Waals surface area contributed by atoms with Gasteiger partial charge in [-0.2, -0.15) is 0 Å². The second-order valence-corrected chi connectivity index (χ2v) is 4.83. The topological polar surface area (TPSA) is 91.3 Å². The van der Waals surface area contributed by atoms with Crippen molar-refractivity contribution in [3.8, 4) is 0 Å². The molecule has 0 aliphatic heterocycles. The molecule has 1 heterocycles. The Kier molecular flexibility index (Phi) is 4.86. The summed E-state index contributed by atoms with van der Waals surface area (Å²) in [6, 6.07) is 3.30. The Bertz CT molecular complexity index is 472. The number of aliphatic carboxylic acids is 1. The maximum atomic E-state index is 11.6. The summed E-state index contributed by atoms with van der Waals surface area (Å²) in [5.41, 5.74) is 0.0975. The Balaban J connectivity index is 2.73. The highest BCUT2D eigenvalue weighted by molar-refractivity contribution is 5.93. The van der Waals surface area contributed by atoms with Crippen LogP contribution < -0.4 is 10.6 Å². The number of amides is 1. The molecule has 1 rings (SSSR count). The fourth-order valence-electron chi connectivity index (χ4n) is 1.31. The van der Waals surface area contributed by atoms with Crippen LogP contribution >= 0.6 is 0 Å². The highest BCUT2D eigenvalue weighted by Gasteiger charge is 2.26. The van der Waals surface area contributed by atoms with E-state index in [1.807, 2.05) is 6.92 Å². The van der Waals surface area contributed by atoms with Gasteiger partial charge in [-0.15, -0.1) is 0 Å². The van der Waals surface area contributed by atoms with Crippen LogP contribution in [0.4, 0.5) is 5.69 Å². The summed E-state index contributed by atoms with van der Waals surface area (Å²) in [4.78, 5) is 26.6. The van der Waals surface area contributed by atoms with Crippen molar-refractivity contribution in [1.29, 1.82) is 0 Å². The summed E-state index contributed by atoms with van der Waals surface area (Å²) >= 11 is 0. The molecule has 0 aliphatic rings. The molecular formula is C13H19N3O3. The van der Waals surface area contributed by atoms with Crippen LogP contribution in [-0.2, 0) is 4.79 Å². The lowest BCUT2D eigenvalue weighted by Gasteiger charge is -2.20. The van der Waals surface area contributed by atoms with Crippen LogP contribution in [0.2, 0.25) is 0 Å². The summed E-state index contributed by atoms with van der Waals surface area (Å²) in [6.07, 6.45) is 1.51. The number of hydrogen-bond donors (Lipinski definition) is 3. The van der Waals surface area contributed by atoms with Crippen molar-refractivity contribution in [2.24, 2.45) is 5.41 Å². The van der Waals surface area contributed by atoms with Gasteiger partial charge in [0.25, 0.3) is 5.91 Å². The van der Waals surface area contributed by atoms with Crippen LogP contribution in [0.25, 0.3) is 0 Å². The van der Waals surface area contributed by atoms with Gasteiger partial charge in [0, 0.05) is 25.0 Å². The van der Waals surface area contributed by atoms with Crippen LogP contribution in [-0.4, -0.2) is 35.1 Å². The molecule has 1 amide bonds. The third-order valence-electron chi connectivity index (χ3n) is 2.64. The number of nitrogens with one attached hydrogen (secondary N) is 2. The molecule has 0 bridgehead atoms. The average molecular weight is 265 g/mol. The molecule has 0 spiro atoms. The molecule has 6 nitrogen and oxygen atoms in total. The molecule has 19 heavy (non-hydrogen) atoms. The highest BCUT2D eigenvalue weighted by atomic mass is 16.4. The van der Waals surface area contributed by atoms with Gasteiger partial charge >= 0.3 is 5.97 Å². The molecule has 104 valence electrons. The minimum Gasteiger partial charge on any atom is -0.481 e. The van der Waals surface area contributed by atoms with Crippen LogP contribution in [0.15, 0.2) is 18.3 Å². The van der Waals surface area contributed by atoms with Crippen molar-refractivity contribution >= 4 is 17.6 Å². The maximum Gasteiger partial charge on any atom is 0.310 e. The SMILES string of the molecule is CCNC(=O)c1cc(NCC(C)(C)C(=O)O)ccn1. The van der Waals surface area contributed by atoms with Gasteiger partial charge in [0.2, 0.25) is 0 Å². The van der Waals surface area contributed by atoms with E-state index in [1.165, 1.54) is 6.20 Å². The Labute approximate surface area is 112 Å². The van der Waals surface area contributed by atoms with E-state index in [4.69, 9.17) is 5.11 Å². The van der Waals surface area contributed by atoms with Crippen LogP contribution in [0.1, 0.15) is 31.3 Å². The van der Waals surface area contributed by atoms with Crippen molar-refractivity contribution in [3.63, 3.8) is 0 Å². The summed E-state index contributed by atoms with van der Waals surface area (Å²) in [6.45, 7) is 5.89. The van der Waals surface area contributed by atoms with Crippen LogP contribution in [0.5, 0.6) is 0 Å². The van der Waals surface area contributed by atoms with Gasteiger partial charge in [0.05, 0.1) is 5.41 Å². The van der Waals surface area contributed by atoms with Gasteiger partial charge in [-0.25, -0.2) is 0 Å². The third kappa shape index (κ3) is 4.24. The predicted octanol–water partition coefficient (Wildman–Crippen LogP) is 1.35. The standard InChI is InChI=1S/C13H19N3O3/c1-4-14-11(17)10-7-9(5-6-15-10)16-8-13(2,3)12(18)19/h5-7H,4,8H2,1-3H3,(H,14,17)(H,15,16)(H,18,19). The number of carboxylic acid groups (broad SMARTS) is 1. The monoisotopic (exact) mass is 265 g/mol. The number of aromatic nitrogens is 1. The Hall–Kier alpha value is -2.11. The molecule has 0 aromatic carbocycles. The maximum absolute atomic E-state index is 11.6. The molecule has 1 aromatic heterocycles. The second kappa shape index (κ2) is 6.17. The predicted molar refractivity (Wildman–Crippen MR) is 72.2 cm³/mol. The fraction of sp³-hybridized carbons (Fsp3) is 0.462. The number of rotatable bonds is 6. The molecular weight excluding hydrogens is 246 g/mol. The highest BCUT2D eigenvalue weighted by Crippen LogP contribution is 2.17. The largest absolute Gasteiger partial charge is 0.481 e. The zero-order valence-corrected chi connectivity index (χ0v) is 11.4. The number of hydrogen-bond acceptors (Lipinski definition) is 4. The van der Waals surface area contributed by atoms with Gasteiger partial charge in [0.1, 0.15) is 5.69 Å². The molecule has 0 saturated heterocycles. The first-order valence-corrected chi connectivity index (χ1v) is 6.08. The molecule has 0 unspecified atom stereocenters. The molecule has 0 fully saturated rings. The van der Waals surface area contributed by atoms with Gasteiger partial charge in [-0.1, -0.05) is 0 Å². The van der Waals surface area contributed by atoms with Gasteiger partial charge in [0.15, 0.2) is 0 Å². The molecule has 0 aliphatic carbocycles. The minimum atomic E-state index is -0.880. The lowest BCUT2D eigenvalue weighted by atomic mass is 9.94. The van der Waals surface area contributed by atoms with Crippen molar-refractivity contribution in [2.45, 2.75) is 20.8 Å². The second-order valence-electron chi connectivity index (χ2n) is 4.83. The van der Waals surface area contributed by atoms with E-state index in [-0.39, 0.29) is 12.5 Å². The number of carboxylic acids is 1. The van der Waals surface area contributed by atoms with E-state index in [0.29, 0.717) is 17.9 Å². The Morgan fingerprint density at radius 2 is 2.11 bits per heavy atom. The third-order valence-corrected chi connectivity index (χ3v) is 2.64. The first kappa shape index (κ1) is 14.9. The van der Waals surface area contributed by atoms with Gasteiger partial charge in [-0.3, -0.25) is 14.6 Å². The summed E-state index contributed by atoms with van der Waals surface area (Å²) in [7, 11) is 0. The van der Waals surface area contributed by atoms with Gasteiger partial charge < -0.3 is 15.7 Å². The zero-order chi connectivity index (χ0) is 14.5.